The van der Waals surface area contributed by atoms with Crippen molar-refractivity contribution in [2.75, 3.05) is 26.3 Å². The van der Waals surface area contributed by atoms with Crippen molar-refractivity contribution in [2.24, 2.45) is 5.92 Å². The van der Waals surface area contributed by atoms with E-state index >= 15 is 0 Å². The van der Waals surface area contributed by atoms with Gasteiger partial charge in [-0.25, -0.2) is 0 Å². The predicted molar refractivity (Wildman–Crippen MR) is 93.5 cm³/mol. The third-order valence-electron chi connectivity index (χ3n) is 6.02. The van der Waals surface area contributed by atoms with Gasteiger partial charge in [-0.1, -0.05) is 30.3 Å². The van der Waals surface area contributed by atoms with Crippen LogP contribution in [0.4, 0.5) is 0 Å². The highest BCUT2D eigenvalue weighted by Crippen LogP contribution is 2.33. The lowest BCUT2D eigenvalue weighted by molar-refractivity contribution is -0.139. The number of amides is 1. The predicted octanol–water partition coefficient (Wildman–Crippen LogP) is 2.68. The van der Waals surface area contributed by atoms with Gasteiger partial charge in [0.2, 0.25) is 5.91 Å². The molecule has 0 aliphatic carbocycles. The fourth-order valence-corrected chi connectivity index (χ4v) is 4.70. The Balaban J connectivity index is 1.42. The average molecular weight is 328 g/mol. The smallest absolute Gasteiger partial charge is 0.222 e. The van der Waals surface area contributed by atoms with Gasteiger partial charge in [-0.05, 0) is 37.2 Å². The van der Waals surface area contributed by atoms with Crippen molar-refractivity contribution in [3.05, 3.63) is 35.9 Å². The van der Waals surface area contributed by atoms with Crippen molar-refractivity contribution in [3.63, 3.8) is 0 Å². The number of piperidine rings is 1. The normalized spacial score (nSPS) is 29.0. The maximum Gasteiger partial charge on any atom is 0.222 e. The molecule has 2 atom stereocenters. The number of carbonyl (C=O) groups excluding carboxylic acids is 1. The first-order valence-corrected chi connectivity index (χ1v) is 9.46. The van der Waals surface area contributed by atoms with Crippen LogP contribution in [0, 0.1) is 5.92 Å². The van der Waals surface area contributed by atoms with Gasteiger partial charge in [0.05, 0.1) is 0 Å². The lowest BCUT2D eigenvalue weighted by atomic mass is 9.92. The maximum atomic E-state index is 12.6. The van der Waals surface area contributed by atoms with E-state index in [0.717, 1.165) is 65.0 Å². The van der Waals surface area contributed by atoms with Crippen LogP contribution in [-0.4, -0.2) is 54.1 Å². The van der Waals surface area contributed by atoms with Crippen LogP contribution in [0.3, 0.4) is 0 Å². The van der Waals surface area contributed by atoms with Crippen LogP contribution in [0.1, 0.15) is 37.7 Å². The highest BCUT2D eigenvalue weighted by atomic mass is 16.5. The van der Waals surface area contributed by atoms with Crippen LogP contribution in [0.5, 0.6) is 0 Å². The summed E-state index contributed by atoms with van der Waals surface area (Å²) in [5, 5.41) is 0. The van der Waals surface area contributed by atoms with Gasteiger partial charge in [-0.15, -0.1) is 0 Å². The second kappa shape index (κ2) is 7.24. The molecule has 0 unspecified atom stereocenters. The second-order valence-electron chi connectivity index (χ2n) is 7.52. The molecule has 0 radical (unpaired) electrons. The van der Waals surface area contributed by atoms with Crippen LogP contribution in [-0.2, 0) is 16.1 Å². The summed E-state index contributed by atoms with van der Waals surface area (Å²) in [5.41, 5.74) is 1.38. The van der Waals surface area contributed by atoms with Gasteiger partial charge in [-0.3, -0.25) is 9.69 Å². The van der Waals surface area contributed by atoms with E-state index in [1.165, 1.54) is 5.56 Å². The number of carbonyl (C=O) groups is 1. The highest BCUT2D eigenvalue weighted by molar-refractivity contribution is 5.77. The summed E-state index contributed by atoms with van der Waals surface area (Å²) in [6.07, 6.45) is 5.09. The van der Waals surface area contributed by atoms with E-state index in [4.69, 9.17) is 4.74 Å². The first kappa shape index (κ1) is 16.1. The number of hydrogen-bond acceptors (Lipinski definition) is 3. The van der Waals surface area contributed by atoms with Crippen molar-refractivity contribution in [1.29, 1.82) is 0 Å². The van der Waals surface area contributed by atoms with Crippen molar-refractivity contribution < 1.29 is 9.53 Å². The maximum absolute atomic E-state index is 12.6. The van der Waals surface area contributed by atoms with Gasteiger partial charge in [0.15, 0.2) is 0 Å². The van der Waals surface area contributed by atoms with Gasteiger partial charge in [0, 0.05) is 51.4 Å². The molecule has 1 amide bonds. The molecule has 0 N–H and O–H groups in total. The van der Waals surface area contributed by atoms with Crippen molar-refractivity contribution in [1.82, 2.24) is 9.80 Å². The minimum atomic E-state index is 0.379. The van der Waals surface area contributed by atoms with Crippen LogP contribution in [0.25, 0.3) is 0 Å². The molecular weight excluding hydrogens is 300 g/mol. The van der Waals surface area contributed by atoms with E-state index in [-0.39, 0.29) is 0 Å². The SMILES string of the molecule is O=C1CC[C@@H]2[C@@H](CCN2Cc2ccccc2)N1CC1CCOCC1. The molecule has 1 aromatic carbocycles. The van der Waals surface area contributed by atoms with E-state index in [0.29, 0.717) is 23.9 Å². The first-order valence-electron chi connectivity index (χ1n) is 9.46. The molecule has 4 nitrogen and oxygen atoms in total. The number of benzene rings is 1. The summed E-state index contributed by atoms with van der Waals surface area (Å²) < 4.78 is 5.47. The Labute approximate surface area is 144 Å². The van der Waals surface area contributed by atoms with E-state index in [2.05, 4.69) is 40.1 Å². The Kier molecular flexibility index (Phi) is 4.86. The summed E-state index contributed by atoms with van der Waals surface area (Å²) in [5.74, 6) is 1.01. The number of nitrogens with zero attached hydrogens (tertiary/aromatic N) is 2. The molecule has 0 aromatic heterocycles. The monoisotopic (exact) mass is 328 g/mol. The van der Waals surface area contributed by atoms with Crippen LogP contribution < -0.4 is 0 Å². The lowest BCUT2D eigenvalue weighted by Crippen LogP contribution is -2.53. The molecule has 1 aromatic rings. The molecule has 3 heterocycles. The van der Waals surface area contributed by atoms with E-state index in [9.17, 15) is 4.79 Å². The topological polar surface area (TPSA) is 32.8 Å². The number of hydrogen-bond donors (Lipinski definition) is 0. The fraction of sp³-hybridized carbons (Fsp3) is 0.650. The largest absolute Gasteiger partial charge is 0.381 e. The van der Waals surface area contributed by atoms with Gasteiger partial charge in [-0.2, -0.15) is 0 Å². The lowest BCUT2D eigenvalue weighted by Gasteiger charge is -2.42. The van der Waals surface area contributed by atoms with Crippen molar-refractivity contribution in [2.45, 2.75) is 50.7 Å². The number of rotatable bonds is 4. The van der Waals surface area contributed by atoms with Crippen LogP contribution in [0.15, 0.2) is 30.3 Å². The molecule has 130 valence electrons. The molecule has 0 spiro atoms. The summed E-state index contributed by atoms with van der Waals surface area (Å²) in [6.45, 7) is 4.80. The summed E-state index contributed by atoms with van der Waals surface area (Å²) in [4.78, 5) is 17.4. The quantitative estimate of drug-likeness (QED) is 0.852. The molecule has 3 fully saturated rings. The zero-order valence-electron chi connectivity index (χ0n) is 14.4. The summed E-state index contributed by atoms with van der Waals surface area (Å²) in [7, 11) is 0. The summed E-state index contributed by atoms with van der Waals surface area (Å²) in [6, 6.07) is 11.7. The Morgan fingerprint density at radius 3 is 2.58 bits per heavy atom. The van der Waals surface area contributed by atoms with Crippen molar-refractivity contribution in [3.8, 4) is 0 Å². The van der Waals surface area contributed by atoms with Crippen molar-refractivity contribution >= 4 is 5.91 Å². The third-order valence-corrected chi connectivity index (χ3v) is 6.02. The molecule has 3 aliphatic heterocycles. The molecule has 0 saturated carbocycles. The molecule has 4 rings (SSSR count). The molecule has 24 heavy (non-hydrogen) atoms. The molecule has 3 saturated heterocycles. The number of likely N-dealkylation sites (tertiary alicyclic amines) is 2. The zero-order valence-corrected chi connectivity index (χ0v) is 14.4. The Morgan fingerprint density at radius 2 is 1.79 bits per heavy atom. The van der Waals surface area contributed by atoms with Crippen LogP contribution >= 0.6 is 0 Å². The van der Waals surface area contributed by atoms with E-state index in [1.807, 2.05) is 0 Å². The minimum Gasteiger partial charge on any atom is -0.381 e. The van der Waals surface area contributed by atoms with Gasteiger partial charge in [0.25, 0.3) is 0 Å². The minimum absolute atomic E-state index is 0.379. The molecular formula is C20H28N2O2. The Hall–Kier alpha value is -1.39. The summed E-state index contributed by atoms with van der Waals surface area (Å²) >= 11 is 0. The average Bonchev–Trinajstić information content (AvgIpc) is 3.02. The van der Waals surface area contributed by atoms with Gasteiger partial charge < -0.3 is 9.64 Å². The highest BCUT2D eigenvalue weighted by Gasteiger charge is 2.43. The molecule has 0 bridgehead atoms. The standard InChI is InChI=1S/C20H28N2O2/c23-20-7-6-18-19(22(20)15-17-9-12-24-13-10-17)8-11-21(18)14-16-4-2-1-3-5-16/h1-5,17-19H,6-15H2/t18-,19-/m1/s1. The first-order chi connectivity index (χ1) is 11.8. The number of ether oxygens (including phenoxy) is 1. The zero-order chi connectivity index (χ0) is 16.4. The Bertz CT molecular complexity index is 556. The van der Waals surface area contributed by atoms with E-state index in [1.54, 1.807) is 0 Å². The number of fused-ring (bicyclic) bond motifs is 1. The molecule has 4 heteroatoms. The third kappa shape index (κ3) is 3.35. The van der Waals surface area contributed by atoms with Crippen LogP contribution in [0.2, 0.25) is 0 Å². The van der Waals surface area contributed by atoms with Gasteiger partial charge in [0.1, 0.15) is 0 Å². The van der Waals surface area contributed by atoms with E-state index < -0.39 is 0 Å². The van der Waals surface area contributed by atoms with Gasteiger partial charge >= 0.3 is 0 Å². The Morgan fingerprint density at radius 1 is 1.00 bits per heavy atom. The second-order valence-corrected chi connectivity index (χ2v) is 7.52. The fourth-order valence-electron chi connectivity index (χ4n) is 4.70. The molecule has 3 aliphatic rings.